The topological polar surface area (TPSA) is 50.7 Å². The Kier molecular flexibility index (Phi) is 9.77. The molecule has 1 N–H and O–H groups in total. The fourth-order valence-corrected chi connectivity index (χ4v) is 3.10. The Labute approximate surface area is 156 Å². The molecule has 1 aromatic carbocycles. The van der Waals surface area contributed by atoms with E-state index in [1.54, 1.807) is 12.1 Å². The van der Waals surface area contributed by atoms with Crippen LogP contribution in [0.1, 0.15) is 76.2 Å². The lowest BCUT2D eigenvalue weighted by Crippen LogP contribution is -2.25. The van der Waals surface area contributed by atoms with Gasteiger partial charge in [0.1, 0.15) is 12.4 Å². The van der Waals surface area contributed by atoms with E-state index in [2.05, 4.69) is 10.5 Å². The molecule has 0 aromatic heterocycles. The maximum absolute atomic E-state index is 12.9. The predicted molar refractivity (Wildman–Crippen MR) is 102 cm³/mol. The first kappa shape index (κ1) is 20.4. The normalized spacial score (nSPS) is 20.0. The third kappa shape index (κ3) is 8.97. The Morgan fingerprint density at radius 1 is 0.885 bits per heavy atom. The van der Waals surface area contributed by atoms with E-state index in [0.717, 1.165) is 43.4 Å². The van der Waals surface area contributed by atoms with Crippen molar-refractivity contribution < 1.29 is 14.0 Å². The van der Waals surface area contributed by atoms with Gasteiger partial charge in [-0.25, -0.2) is 4.39 Å². The highest BCUT2D eigenvalue weighted by atomic mass is 19.1. The van der Waals surface area contributed by atoms with Gasteiger partial charge in [-0.2, -0.15) is 0 Å². The van der Waals surface area contributed by atoms with Crippen molar-refractivity contribution in [2.24, 2.45) is 5.16 Å². The van der Waals surface area contributed by atoms with Crippen LogP contribution in [-0.4, -0.2) is 18.2 Å². The number of benzene rings is 1. The largest absolute Gasteiger partial charge is 0.391 e. The molecule has 0 atom stereocenters. The lowest BCUT2D eigenvalue weighted by molar-refractivity contribution is -0.121. The third-order valence-electron chi connectivity index (χ3n) is 4.69. The number of carbonyl (C=O) groups is 1. The molecular weight excluding hydrogens is 331 g/mol. The number of hydrogen-bond acceptors (Lipinski definition) is 3. The second-order valence-electron chi connectivity index (χ2n) is 6.99. The van der Waals surface area contributed by atoms with Crippen molar-refractivity contribution in [2.45, 2.75) is 77.2 Å². The van der Waals surface area contributed by atoms with E-state index in [1.165, 1.54) is 44.2 Å². The van der Waals surface area contributed by atoms with Gasteiger partial charge in [0.25, 0.3) is 0 Å². The van der Waals surface area contributed by atoms with Gasteiger partial charge in [-0.3, -0.25) is 4.79 Å². The fourth-order valence-electron chi connectivity index (χ4n) is 3.10. The summed E-state index contributed by atoms with van der Waals surface area (Å²) in [5, 5.41) is 7.27. The lowest BCUT2D eigenvalue weighted by atomic mass is 10.0. The molecule has 144 valence electrons. The van der Waals surface area contributed by atoms with Gasteiger partial charge in [0.15, 0.2) is 0 Å². The van der Waals surface area contributed by atoms with Crippen LogP contribution in [0.5, 0.6) is 0 Å². The van der Waals surface area contributed by atoms with Gasteiger partial charge < -0.3 is 10.2 Å². The second kappa shape index (κ2) is 12.4. The molecule has 2 rings (SSSR count). The van der Waals surface area contributed by atoms with Gasteiger partial charge >= 0.3 is 0 Å². The molecule has 1 aliphatic rings. The second-order valence-corrected chi connectivity index (χ2v) is 6.99. The first-order chi connectivity index (χ1) is 12.7. The van der Waals surface area contributed by atoms with Crippen LogP contribution >= 0.6 is 0 Å². The Morgan fingerprint density at radius 3 is 2.19 bits per heavy atom. The molecule has 0 bridgehead atoms. The van der Waals surface area contributed by atoms with Crippen LogP contribution in [0.2, 0.25) is 0 Å². The summed E-state index contributed by atoms with van der Waals surface area (Å²) < 4.78 is 12.9. The fraction of sp³-hybridized carbons (Fsp3) is 0.619. The molecule has 0 spiro atoms. The summed E-state index contributed by atoms with van der Waals surface area (Å²) in [6.07, 6.45) is 11.7. The summed E-state index contributed by atoms with van der Waals surface area (Å²) in [6.45, 7) is 0.938. The molecule has 1 fully saturated rings. The number of nitrogens with one attached hydrogen (secondary N) is 1. The number of carbonyl (C=O) groups excluding carboxylic acids is 1. The number of hydrogen-bond donors (Lipinski definition) is 1. The average Bonchev–Trinajstić information content (AvgIpc) is 2.64. The van der Waals surface area contributed by atoms with Gasteiger partial charge in [0.2, 0.25) is 5.91 Å². The van der Waals surface area contributed by atoms with Crippen LogP contribution in [0.4, 0.5) is 4.39 Å². The third-order valence-corrected chi connectivity index (χ3v) is 4.69. The summed E-state index contributed by atoms with van der Waals surface area (Å²) in [7, 11) is 0. The lowest BCUT2D eigenvalue weighted by Gasteiger charge is -2.08. The first-order valence-corrected chi connectivity index (χ1v) is 9.93. The molecule has 5 heteroatoms. The monoisotopic (exact) mass is 362 g/mol. The van der Waals surface area contributed by atoms with Gasteiger partial charge in [-0.1, -0.05) is 55.8 Å². The molecule has 1 heterocycles. The first-order valence-electron chi connectivity index (χ1n) is 9.93. The molecule has 0 saturated carbocycles. The zero-order chi connectivity index (χ0) is 18.5. The number of rotatable bonds is 3. The molecule has 0 aliphatic carbocycles. The maximum atomic E-state index is 12.9. The van der Waals surface area contributed by atoms with E-state index >= 15 is 0 Å². The molecule has 26 heavy (non-hydrogen) atoms. The van der Waals surface area contributed by atoms with E-state index in [9.17, 15) is 9.18 Å². The van der Waals surface area contributed by atoms with E-state index in [1.807, 2.05) is 0 Å². The number of amides is 1. The van der Waals surface area contributed by atoms with Crippen LogP contribution in [0.15, 0.2) is 29.4 Å². The van der Waals surface area contributed by atoms with Crippen LogP contribution in [0.3, 0.4) is 0 Å². The summed E-state index contributed by atoms with van der Waals surface area (Å²) in [4.78, 5) is 17.3. The Bertz CT molecular complexity index is 558. The van der Waals surface area contributed by atoms with Gasteiger partial charge in [-0.15, -0.1) is 0 Å². The van der Waals surface area contributed by atoms with E-state index in [0.29, 0.717) is 19.6 Å². The highest BCUT2D eigenvalue weighted by Crippen LogP contribution is 2.13. The van der Waals surface area contributed by atoms with E-state index in [-0.39, 0.29) is 11.7 Å². The highest BCUT2D eigenvalue weighted by Gasteiger charge is 2.06. The zero-order valence-corrected chi connectivity index (χ0v) is 15.6. The molecular formula is C21H31FN2O2. The van der Waals surface area contributed by atoms with Gasteiger partial charge in [-0.05, 0) is 37.0 Å². The minimum atomic E-state index is -0.252. The molecule has 1 aromatic rings. The molecule has 0 radical (unpaired) electrons. The van der Waals surface area contributed by atoms with Crippen molar-refractivity contribution in [1.82, 2.24) is 5.32 Å². The highest BCUT2D eigenvalue weighted by molar-refractivity contribution is 5.84. The summed E-state index contributed by atoms with van der Waals surface area (Å²) >= 11 is 0. The molecule has 1 aliphatic heterocycles. The Morgan fingerprint density at radius 2 is 1.50 bits per heavy atom. The van der Waals surface area contributed by atoms with E-state index < -0.39 is 0 Å². The number of nitrogens with zero attached hydrogens (tertiary/aromatic N) is 1. The summed E-state index contributed by atoms with van der Waals surface area (Å²) in [6, 6.07) is 6.25. The quantitative estimate of drug-likeness (QED) is 0.759. The minimum absolute atomic E-state index is 0.131. The smallest absolute Gasteiger partial charge is 0.220 e. The van der Waals surface area contributed by atoms with Crippen LogP contribution in [0, 0.1) is 5.82 Å². The SMILES string of the molecule is O=C1CCCCCCCCCC/C(=N\OCc2ccc(F)cc2)CCN1. The minimum Gasteiger partial charge on any atom is -0.391 e. The van der Waals surface area contributed by atoms with Crippen LogP contribution in [0.25, 0.3) is 0 Å². The number of oxime groups is 1. The molecule has 0 unspecified atom stereocenters. The Hall–Kier alpha value is -1.91. The summed E-state index contributed by atoms with van der Waals surface area (Å²) in [5.41, 5.74) is 1.88. The summed E-state index contributed by atoms with van der Waals surface area (Å²) in [5.74, 6) is -0.121. The standard InChI is InChI=1S/C21H31FN2O2/c22-19-13-11-18(12-14-19)17-26-24-20-9-7-5-3-1-2-4-6-8-10-21(25)23-16-15-20/h11-14H,1-10,15-17H2,(H,23,25)/b24-20+. The molecule has 4 nitrogen and oxygen atoms in total. The van der Waals surface area contributed by atoms with Crippen LogP contribution in [-0.2, 0) is 16.2 Å². The van der Waals surface area contributed by atoms with Gasteiger partial charge in [0.05, 0.1) is 5.71 Å². The van der Waals surface area contributed by atoms with Crippen LogP contribution < -0.4 is 5.32 Å². The van der Waals surface area contributed by atoms with Gasteiger partial charge in [0, 0.05) is 19.4 Å². The predicted octanol–water partition coefficient (Wildman–Crippen LogP) is 5.12. The molecule has 1 saturated heterocycles. The zero-order valence-electron chi connectivity index (χ0n) is 15.6. The van der Waals surface area contributed by atoms with E-state index in [4.69, 9.17) is 4.84 Å². The van der Waals surface area contributed by atoms with Crippen molar-refractivity contribution >= 4 is 11.6 Å². The Balaban J connectivity index is 1.83. The van der Waals surface area contributed by atoms with Crippen molar-refractivity contribution in [3.63, 3.8) is 0 Å². The number of halogens is 1. The van der Waals surface area contributed by atoms with Crippen molar-refractivity contribution in [1.29, 1.82) is 0 Å². The maximum Gasteiger partial charge on any atom is 0.220 e. The van der Waals surface area contributed by atoms with Crippen molar-refractivity contribution in [3.8, 4) is 0 Å². The van der Waals surface area contributed by atoms with Crippen molar-refractivity contribution in [2.75, 3.05) is 6.54 Å². The van der Waals surface area contributed by atoms with Crippen molar-refractivity contribution in [3.05, 3.63) is 35.6 Å². The molecule has 1 amide bonds. The average molecular weight is 362 g/mol.